The number of ether oxygens (including phenoxy) is 2. The molecule has 0 bridgehead atoms. The average Bonchev–Trinajstić information content (AvgIpc) is 2.65. The topological polar surface area (TPSA) is 134 Å². The van der Waals surface area contributed by atoms with Crippen molar-refractivity contribution < 1.29 is 39.5 Å². The molecule has 0 aliphatic rings. The van der Waals surface area contributed by atoms with E-state index in [0.717, 1.165) is 32.1 Å². The molecule has 0 radical (unpaired) electrons. The number of unbranched alkanes of at least 4 members (excludes halogenated alkanes) is 4. The van der Waals surface area contributed by atoms with Crippen molar-refractivity contribution in [2.45, 2.75) is 57.7 Å². The Morgan fingerprint density at radius 1 is 0.885 bits per heavy atom. The molecule has 1 atom stereocenters. The van der Waals surface area contributed by atoms with E-state index in [-0.39, 0.29) is 6.42 Å². The first-order valence-corrected chi connectivity index (χ1v) is 9.02. The van der Waals surface area contributed by atoms with Gasteiger partial charge in [-0.2, -0.15) is 0 Å². The maximum atomic E-state index is 12.2. The molecule has 0 heterocycles. The normalized spacial score (nSPS) is 12.7. The van der Waals surface area contributed by atoms with Gasteiger partial charge in [-0.1, -0.05) is 38.3 Å². The second-order valence-electron chi connectivity index (χ2n) is 5.99. The predicted octanol–water partition coefficient (Wildman–Crippen LogP) is 0.312. The minimum atomic E-state index is -1.05. The van der Waals surface area contributed by atoms with Gasteiger partial charge in [0.1, 0.15) is 12.2 Å². The summed E-state index contributed by atoms with van der Waals surface area (Å²) < 4.78 is 9.84. The lowest BCUT2D eigenvalue weighted by Gasteiger charge is -2.18. The van der Waals surface area contributed by atoms with Crippen LogP contribution in [0, 0.1) is 5.92 Å². The molecule has 0 aromatic carbocycles. The predicted molar refractivity (Wildman–Crippen MR) is 94.1 cm³/mol. The minimum Gasteiger partial charge on any atom is -0.457 e. The first kappa shape index (κ1) is 24.5. The summed E-state index contributed by atoms with van der Waals surface area (Å²) in [6.45, 7) is -0.00380. The number of allylic oxidation sites excluding steroid dienone is 1. The van der Waals surface area contributed by atoms with Gasteiger partial charge in [0.05, 0.1) is 38.8 Å². The molecular formula is C18H32O8. The number of rotatable bonds is 15. The number of hydrogen-bond donors (Lipinski definition) is 4. The molecule has 0 rings (SSSR count). The van der Waals surface area contributed by atoms with E-state index >= 15 is 0 Å². The Kier molecular flexibility index (Phi) is 14.9. The maximum absolute atomic E-state index is 12.2. The van der Waals surface area contributed by atoms with E-state index in [9.17, 15) is 9.59 Å². The van der Waals surface area contributed by atoms with Crippen LogP contribution in [0.25, 0.3) is 0 Å². The molecule has 8 nitrogen and oxygen atoms in total. The first-order valence-electron chi connectivity index (χ1n) is 9.02. The third-order valence-electron chi connectivity index (χ3n) is 3.68. The third-order valence-corrected chi connectivity index (χ3v) is 3.68. The molecule has 4 N–H and O–H groups in total. The molecule has 0 spiro atoms. The summed E-state index contributed by atoms with van der Waals surface area (Å²) in [5, 5.41) is 35.9. The lowest BCUT2D eigenvalue weighted by Crippen LogP contribution is -2.31. The Morgan fingerprint density at radius 2 is 1.46 bits per heavy atom. The summed E-state index contributed by atoms with van der Waals surface area (Å²) in [6.07, 6.45) is 5.94. The van der Waals surface area contributed by atoms with Gasteiger partial charge in [0, 0.05) is 0 Å². The summed E-state index contributed by atoms with van der Waals surface area (Å²) in [7, 11) is 0. The van der Waals surface area contributed by atoms with Crippen molar-refractivity contribution in [1.29, 1.82) is 0 Å². The largest absolute Gasteiger partial charge is 0.457 e. The first-order chi connectivity index (χ1) is 12.5. The number of esters is 2. The molecule has 0 amide bonds. The molecule has 8 heteroatoms. The van der Waals surface area contributed by atoms with Crippen molar-refractivity contribution in [1.82, 2.24) is 0 Å². The summed E-state index contributed by atoms with van der Waals surface area (Å²) in [5.41, 5.74) is 0. The number of carbonyl (C=O) groups excluding carboxylic acids is 2. The van der Waals surface area contributed by atoms with Crippen molar-refractivity contribution >= 4 is 11.9 Å². The van der Waals surface area contributed by atoms with Crippen molar-refractivity contribution in [2.24, 2.45) is 5.92 Å². The monoisotopic (exact) mass is 376 g/mol. The van der Waals surface area contributed by atoms with Crippen LogP contribution in [0.5, 0.6) is 0 Å². The molecule has 0 aromatic heterocycles. The van der Waals surface area contributed by atoms with Crippen LogP contribution in [-0.2, 0) is 19.1 Å². The molecule has 0 fully saturated rings. The van der Waals surface area contributed by atoms with Crippen molar-refractivity contribution in [3.8, 4) is 0 Å². The summed E-state index contributed by atoms with van der Waals surface area (Å²) >= 11 is 0. The van der Waals surface area contributed by atoms with Gasteiger partial charge in [0.15, 0.2) is 0 Å². The van der Waals surface area contributed by atoms with Crippen molar-refractivity contribution in [3.63, 3.8) is 0 Å². The molecule has 0 aliphatic heterocycles. The fraction of sp³-hybridized carbons (Fsp3) is 0.778. The molecule has 26 heavy (non-hydrogen) atoms. The molecule has 0 saturated carbocycles. The van der Waals surface area contributed by atoms with Crippen LogP contribution in [0.2, 0.25) is 0 Å². The SMILES string of the molecule is CCCCCC/C=C/C(CC(=O)OC(CO)CO)C(=O)OC(CO)CO. The van der Waals surface area contributed by atoms with Gasteiger partial charge < -0.3 is 29.9 Å². The van der Waals surface area contributed by atoms with E-state index in [4.69, 9.17) is 29.9 Å². The Hall–Kier alpha value is -1.48. The zero-order valence-corrected chi connectivity index (χ0v) is 15.4. The Bertz CT molecular complexity index is 402. The lowest BCUT2D eigenvalue weighted by molar-refractivity contribution is -0.163. The van der Waals surface area contributed by atoms with E-state index in [1.807, 2.05) is 0 Å². The molecule has 0 saturated heterocycles. The van der Waals surface area contributed by atoms with Crippen LogP contribution in [0.15, 0.2) is 12.2 Å². The van der Waals surface area contributed by atoms with E-state index in [1.54, 1.807) is 12.2 Å². The van der Waals surface area contributed by atoms with Gasteiger partial charge >= 0.3 is 11.9 Å². The van der Waals surface area contributed by atoms with Gasteiger partial charge in [0.2, 0.25) is 0 Å². The second-order valence-corrected chi connectivity index (χ2v) is 5.99. The number of hydrogen-bond acceptors (Lipinski definition) is 8. The van der Waals surface area contributed by atoms with E-state index < -0.39 is 56.5 Å². The van der Waals surface area contributed by atoms with E-state index in [1.165, 1.54) is 0 Å². The van der Waals surface area contributed by atoms with Crippen molar-refractivity contribution in [2.75, 3.05) is 26.4 Å². The van der Waals surface area contributed by atoms with Crippen LogP contribution in [0.1, 0.15) is 45.4 Å². The van der Waals surface area contributed by atoms with Crippen LogP contribution < -0.4 is 0 Å². The van der Waals surface area contributed by atoms with Crippen LogP contribution in [0.4, 0.5) is 0 Å². The lowest BCUT2D eigenvalue weighted by atomic mass is 10.0. The van der Waals surface area contributed by atoms with E-state index in [2.05, 4.69) is 6.92 Å². The molecule has 0 aliphatic carbocycles. The minimum absolute atomic E-state index is 0.329. The van der Waals surface area contributed by atoms with Gasteiger partial charge in [-0.15, -0.1) is 0 Å². The van der Waals surface area contributed by atoms with Crippen molar-refractivity contribution in [3.05, 3.63) is 12.2 Å². The number of aliphatic hydroxyl groups is 4. The maximum Gasteiger partial charge on any atom is 0.313 e. The van der Waals surface area contributed by atoms with Gasteiger partial charge in [0.25, 0.3) is 0 Å². The van der Waals surface area contributed by atoms with Crippen LogP contribution in [0.3, 0.4) is 0 Å². The summed E-state index contributed by atoms with van der Waals surface area (Å²) in [6, 6.07) is 0. The highest BCUT2D eigenvalue weighted by atomic mass is 16.6. The molecular weight excluding hydrogens is 344 g/mol. The van der Waals surface area contributed by atoms with Gasteiger partial charge in [-0.05, 0) is 12.8 Å². The molecule has 0 aromatic rings. The standard InChI is InChI=1S/C18H32O8/c1-2-3-4-5-6-7-8-14(18(24)26-16(12-21)13-22)9-17(23)25-15(10-19)11-20/h7-8,14-16,19-22H,2-6,9-13H2,1H3/b8-7+. The van der Waals surface area contributed by atoms with Crippen LogP contribution >= 0.6 is 0 Å². The molecule has 152 valence electrons. The Morgan fingerprint density at radius 3 is 2.00 bits per heavy atom. The van der Waals surface area contributed by atoms with Gasteiger partial charge in [-0.3, -0.25) is 9.59 Å². The quantitative estimate of drug-likeness (QED) is 0.182. The zero-order chi connectivity index (χ0) is 19.8. The fourth-order valence-electron chi connectivity index (χ4n) is 2.11. The van der Waals surface area contributed by atoms with Crippen LogP contribution in [-0.4, -0.2) is 71.0 Å². The smallest absolute Gasteiger partial charge is 0.313 e. The highest BCUT2D eigenvalue weighted by Gasteiger charge is 2.25. The number of aliphatic hydroxyl groups excluding tert-OH is 4. The number of carbonyl (C=O) groups is 2. The summed E-state index contributed by atoms with van der Waals surface area (Å²) in [5.74, 6) is -2.46. The fourth-order valence-corrected chi connectivity index (χ4v) is 2.11. The second kappa shape index (κ2) is 15.7. The highest BCUT2D eigenvalue weighted by Crippen LogP contribution is 2.14. The summed E-state index contributed by atoms with van der Waals surface area (Å²) in [4.78, 5) is 24.1. The molecule has 1 unspecified atom stereocenters. The van der Waals surface area contributed by atoms with E-state index in [0.29, 0.717) is 0 Å². The third kappa shape index (κ3) is 11.2. The zero-order valence-electron chi connectivity index (χ0n) is 15.4. The Balaban J connectivity index is 4.78. The highest BCUT2D eigenvalue weighted by molar-refractivity contribution is 5.81. The average molecular weight is 376 g/mol. The van der Waals surface area contributed by atoms with Gasteiger partial charge in [-0.25, -0.2) is 0 Å². The Labute approximate surface area is 154 Å².